The van der Waals surface area contributed by atoms with Crippen LogP contribution in [-0.4, -0.2) is 163 Å². The molecule has 11 N–H and O–H groups in total. The lowest BCUT2D eigenvalue weighted by Crippen LogP contribution is -2.28. The van der Waals surface area contributed by atoms with E-state index >= 15 is 0 Å². The number of hydrogen-bond donors (Lipinski definition) is 11. The molecule has 0 fully saturated rings. The second-order valence-electron chi connectivity index (χ2n) is 32.4. The Morgan fingerprint density at radius 1 is 0.405 bits per heavy atom. The van der Waals surface area contributed by atoms with Gasteiger partial charge in [-0.25, -0.2) is 43.0 Å². The van der Waals surface area contributed by atoms with E-state index in [4.69, 9.17) is 14.2 Å². The van der Waals surface area contributed by atoms with Crippen molar-refractivity contribution >= 4 is 188 Å². The molecule has 1 aliphatic heterocycles. The second-order valence-corrected chi connectivity index (χ2v) is 46.4. The average Bonchev–Trinajstić information content (AvgIpc) is 1.59. The lowest BCUT2D eigenvalue weighted by atomic mass is 10.1. The van der Waals surface area contributed by atoms with Crippen LogP contribution in [0.4, 0.5) is 77.5 Å². The topological polar surface area (TPSA) is 485 Å². The number of alkyl halides is 9. The normalized spacial score (nSPS) is 12.5. The molecule has 0 saturated heterocycles. The van der Waals surface area contributed by atoms with Gasteiger partial charge in [0.2, 0.25) is 22.5 Å². The van der Waals surface area contributed by atoms with E-state index in [1.165, 1.54) is 112 Å². The molecule has 768 valence electrons. The van der Waals surface area contributed by atoms with E-state index < -0.39 is 106 Å². The molecule has 35 nitrogen and oxygen atoms in total. The van der Waals surface area contributed by atoms with Gasteiger partial charge in [-0.1, -0.05) is 59.9 Å². The minimum absolute atomic E-state index is 0.00361. The average molecular weight is 2210 g/mol. The summed E-state index contributed by atoms with van der Waals surface area (Å²) in [7, 11) is -16.5. The van der Waals surface area contributed by atoms with E-state index in [0.717, 1.165) is 81.2 Å². The molecule has 20 rings (SSSR count). The lowest BCUT2D eigenvalue weighted by molar-refractivity contribution is -0.143. The van der Waals surface area contributed by atoms with Crippen molar-refractivity contribution in [3.8, 4) is 72.8 Å². The number of H-pyrrole nitrogens is 5. The van der Waals surface area contributed by atoms with Gasteiger partial charge >= 0.3 is 38.9 Å². The highest BCUT2D eigenvalue weighted by Gasteiger charge is 2.40. The first-order valence-electron chi connectivity index (χ1n) is 42.7. The fraction of sp³-hybridized carbons (Fsp3) is 0.117. The van der Waals surface area contributed by atoms with E-state index in [9.17, 15) is 99.2 Å². The number of thiazole rings is 1. The van der Waals surface area contributed by atoms with E-state index in [0.29, 0.717) is 112 Å². The predicted octanol–water partition coefficient (Wildman–Crippen LogP) is 20.6. The van der Waals surface area contributed by atoms with Crippen molar-refractivity contribution in [3.63, 3.8) is 0 Å². The molecule has 11 aromatic carbocycles. The van der Waals surface area contributed by atoms with Gasteiger partial charge in [-0.15, -0.1) is 22.7 Å². The number of thiophene rings is 2. The van der Waals surface area contributed by atoms with Gasteiger partial charge in [-0.05, 0) is 212 Å². The van der Waals surface area contributed by atoms with Crippen molar-refractivity contribution in [1.82, 2.24) is 64.6 Å². The molecule has 0 spiro atoms. The molecule has 9 heterocycles. The summed E-state index contributed by atoms with van der Waals surface area (Å²) in [5.41, 5.74) is 6.45. The monoisotopic (exact) mass is 2210 g/mol. The van der Waals surface area contributed by atoms with Crippen molar-refractivity contribution < 1.29 is 113 Å². The van der Waals surface area contributed by atoms with Crippen molar-refractivity contribution in [3.05, 3.63) is 288 Å². The number of halogens is 10. The summed E-state index contributed by atoms with van der Waals surface area (Å²) in [6.45, 7) is 3.08. The number of amides is 1. The first-order chi connectivity index (χ1) is 69.9. The third-order valence-corrected chi connectivity index (χ3v) is 34.6. The Kier molecular flexibility index (Phi) is 29.8. The van der Waals surface area contributed by atoms with Crippen molar-refractivity contribution in [2.45, 2.75) is 55.5 Å². The zero-order chi connectivity index (χ0) is 106. The first-order valence-corrected chi connectivity index (χ1v) is 54.1. The third-order valence-electron chi connectivity index (χ3n) is 21.7. The van der Waals surface area contributed by atoms with E-state index in [1.54, 1.807) is 129 Å². The first kappa shape index (κ1) is 105. The number of benzene rings is 11. The van der Waals surface area contributed by atoms with Crippen molar-refractivity contribution in [2.75, 3.05) is 71.0 Å². The van der Waals surface area contributed by atoms with E-state index in [-0.39, 0.29) is 65.6 Å². The molecule has 1 amide bonds. The molecule has 1 aliphatic rings. The van der Waals surface area contributed by atoms with Crippen LogP contribution in [0.5, 0.6) is 17.2 Å². The highest BCUT2D eigenvalue weighted by molar-refractivity contribution is 7.95. The number of carbonyl (C=O) groups is 1. The Bertz CT molecular complexity index is 8950. The van der Waals surface area contributed by atoms with Crippen LogP contribution < -0.4 is 43.1 Å². The standard InChI is InChI=1S/C24H19N3O5S3.C19H11F6N3O2S2.C19H16FN5O3S2.C16H15F3N4O2S.C16H16N4O4S/c1-32-18-10-7-16(8-11-18)24-21-13-17(9-12-22(21)25-26-24)27-35(30,31)23-14-20(15-33-23)34(28,29)19-5-3-2-4-6-19;20-18(21,22)10-6-11(19(23,24)25)8-13(7-10)32(29,30)28-12-3-4-15-14(9-12)17(27-26-15)16-2-1-5-31-16;1-10-18(29-19(21-10)22-11(2)26)30(27,28)25-14-6-7-16-15(9-14)17(24-23-16)12-4-3-5-13(20)8-12;1-23(2)26(24,25)22-12-7-8-14-13(9-12)15(21-20-14)10-3-5-11(6-4-10)16(17,18)19;1-20(2)25(21,22)19-11-4-5-13-12(8-11)16(18-17-13)10-3-6-14-15(7-10)24-9-23-14/h2-15,27H,1H3,(H,25,26);1-9,28H,(H,26,27);3-9,25H,1-2H3,(H,23,24)(H,21,22,26);3-9,22H,1-2H3,(H,20,21);3-8,19H,9H2,1-2H3,(H,17,18). The summed E-state index contributed by atoms with van der Waals surface area (Å²) >= 11 is 3.10. The van der Waals surface area contributed by atoms with Crippen LogP contribution in [0, 0.1) is 12.7 Å². The number of aromatic nitrogens is 11. The maximum absolute atomic E-state index is 13.6. The zero-order valence-electron chi connectivity index (χ0n) is 77.1. The fourth-order valence-corrected chi connectivity index (χ4v) is 24.0. The molecular formula is C94H77F10N19O16S9. The van der Waals surface area contributed by atoms with Gasteiger partial charge in [0.15, 0.2) is 20.8 Å². The number of nitrogens with one attached hydrogen (secondary N) is 11. The number of aryl methyl sites for hydroxylation is 1. The van der Waals surface area contributed by atoms with Gasteiger partial charge in [-0.3, -0.25) is 53.9 Å². The number of fused-ring (bicyclic) bond motifs is 6. The minimum Gasteiger partial charge on any atom is -0.497 e. The number of aromatic amines is 5. The van der Waals surface area contributed by atoms with Crippen LogP contribution in [-0.2, 0) is 83.6 Å². The second kappa shape index (κ2) is 41.8. The number of anilines is 6. The Morgan fingerprint density at radius 2 is 0.831 bits per heavy atom. The van der Waals surface area contributed by atoms with Gasteiger partial charge < -0.3 is 19.5 Å². The predicted molar refractivity (Wildman–Crippen MR) is 542 cm³/mol. The zero-order valence-corrected chi connectivity index (χ0v) is 84.4. The Balaban J connectivity index is 0.000000133. The summed E-state index contributed by atoms with van der Waals surface area (Å²) in [5.74, 6) is 1.35. The SMILES string of the molecule is CC(=O)Nc1nc(C)c(S(=O)(=O)Nc2ccc3[nH]nc(-c4cccc(F)c4)c3c2)s1.CN(C)S(=O)(=O)Nc1ccc2[nH]nc(-c3ccc(C(F)(F)F)cc3)c2c1.CN(C)S(=O)(=O)Nc1ccc2[nH]nc(-c3ccc4c(c3)OCO4)c2c1.COc1ccc(-c2n[nH]c3ccc(NS(=O)(=O)c4cc(S(=O)(=O)c5ccccc5)cs4)cc23)cc1.O=S(=O)(Nc1ccc2[nH]nc(-c3cccs3)c2c1)c1cc(C(F)(F)F)cc(C(F)(F)F)c1. The molecule has 0 unspecified atom stereocenters. The smallest absolute Gasteiger partial charge is 0.416 e. The largest absolute Gasteiger partial charge is 0.497 e. The molecule has 0 aliphatic carbocycles. The van der Waals surface area contributed by atoms with Gasteiger partial charge in [0.05, 0.1) is 99.4 Å². The number of sulfonamides is 3. The van der Waals surface area contributed by atoms with Gasteiger partial charge in [0.1, 0.15) is 32.9 Å². The van der Waals surface area contributed by atoms with Crippen LogP contribution in [0.25, 0.3) is 110 Å². The fourth-order valence-electron chi connectivity index (χ4n) is 14.5. The van der Waals surface area contributed by atoms with Gasteiger partial charge in [0.25, 0.3) is 30.1 Å². The van der Waals surface area contributed by atoms with Gasteiger partial charge in [0, 0.05) is 107 Å². The number of carbonyl (C=O) groups excluding carboxylic acids is 1. The van der Waals surface area contributed by atoms with Crippen LogP contribution in [0.3, 0.4) is 0 Å². The molecule has 148 heavy (non-hydrogen) atoms. The highest BCUT2D eigenvalue weighted by Crippen LogP contribution is 2.44. The Morgan fingerprint density at radius 3 is 1.28 bits per heavy atom. The summed E-state index contributed by atoms with van der Waals surface area (Å²) in [4.78, 5) is 14.9. The molecular weight excluding hydrogens is 2130 g/mol. The number of methoxy groups -OCH3 is 1. The third kappa shape index (κ3) is 24.0. The summed E-state index contributed by atoms with van der Waals surface area (Å²) in [6.07, 6.45) is -14.8. The van der Waals surface area contributed by atoms with Crippen LogP contribution >= 0.6 is 34.0 Å². The summed E-state index contributed by atoms with van der Waals surface area (Å²) < 4.78 is 311. The van der Waals surface area contributed by atoms with E-state index in [1.807, 2.05) is 52.6 Å². The van der Waals surface area contributed by atoms with Crippen LogP contribution in [0.15, 0.2) is 283 Å². The maximum Gasteiger partial charge on any atom is 0.416 e. The van der Waals surface area contributed by atoms with Crippen molar-refractivity contribution in [1.29, 1.82) is 0 Å². The van der Waals surface area contributed by atoms with Crippen LogP contribution in [0.1, 0.15) is 29.3 Å². The molecule has 0 radical (unpaired) electrons. The minimum atomic E-state index is -5.17. The number of rotatable bonds is 24. The quantitative estimate of drug-likeness (QED) is 0.0250. The highest BCUT2D eigenvalue weighted by atomic mass is 32.3. The number of ether oxygens (including phenoxy) is 3. The van der Waals surface area contributed by atoms with Gasteiger partial charge in [-0.2, -0.15) is 90.5 Å². The van der Waals surface area contributed by atoms with Crippen LogP contribution in [0.2, 0.25) is 0 Å². The summed E-state index contributed by atoms with van der Waals surface area (Å²) in [5, 5.41) is 44.7. The molecule has 54 heteroatoms. The number of sulfone groups is 1. The summed E-state index contributed by atoms with van der Waals surface area (Å²) in [6, 6.07) is 60.5. The number of hydrogen-bond acceptors (Lipinski definition) is 25. The maximum atomic E-state index is 13.6. The van der Waals surface area contributed by atoms with Crippen molar-refractivity contribution in [2.24, 2.45) is 0 Å². The lowest BCUT2D eigenvalue weighted by Gasteiger charge is -2.15. The number of nitrogens with zero attached hydrogens (tertiary/aromatic N) is 8. The molecule has 0 bridgehead atoms. The molecule has 19 aromatic rings. The Labute approximate surface area is 847 Å². The van der Waals surface area contributed by atoms with E-state index in [2.05, 4.69) is 80.2 Å². The molecule has 0 saturated carbocycles. The molecule has 0 atom stereocenters. The Hall–Kier alpha value is -15.4. The molecule has 8 aromatic heterocycles.